The fourth-order valence-corrected chi connectivity index (χ4v) is 5.41. The highest BCUT2D eigenvalue weighted by Crippen LogP contribution is 2.29. The van der Waals surface area contributed by atoms with E-state index >= 15 is 0 Å². The maximum atomic E-state index is 12.8. The number of hydrogen-bond acceptors (Lipinski definition) is 8. The Hall–Kier alpha value is -3.18. The van der Waals surface area contributed by atoms with Crippen molar-refractivity contribution in [2.75, 3.05) is 33.9 Å². The standard InChI is InChI=1S/C21H24N6O3S2/c1-31(28,29)27-16-9-7-15(8-10-16)19-14-24-21-25-17-5-4-6-18(13-17)32(22,30)12-3-2-11-23-20(19)26-21/h4-10,13-14,22,27H,2-3,11-12H2,1H3,(H2,23,24,25,26). The van der Waals surface area contributed by atoms with E-state index in [0.29, 0.717) is 46.8 Å². The minimum Gasteiger partial charge on any atom is -0.369 e. The number of hydrogen-bond donors (Lipinski definition) is 4. The van der Waals surface area contributed by atoms with Crippen molar-refractivity contribution in [1.82, 2.24) is 9.97 Å². The molecule has 4 rings (SSSR count). The number of nitrogens with zero attached hydrogens (tertiary/aromatic N) is 2. The molecule has 0 aliphatic carbocycles. The summed E-state index contributed by atoms with van der Waals surface area (Å²) in [6.45, 7) is 0.601. The summed E-state index contributed by atoms with van der Waals surface area (Å²) >= 11 is 0. The van der Waals surface area contributed by atoms with Crippen molar-refractivity contribution in [1.29, 1.82) is 4.78 Å². The van der Waals surface area contributed by atoms with E-state index in [9.17, 15) is 12.6 Å². The van der Waals surface area contributed by atoms with E-state index in [-0.39, 0.29) is 0 Å². The maximum absolute atomic E-state index is 12.8. The summed E-state index contributed by atoms with van der Waals surface area (Å²) < 4.78 is 46.4. The van der Waals surface area contributed by atoms with Gasteiger partial charge in [0.15, 0.2) is 0 Å². The SMILES string of the molecule is CS(=O)(=O)Nc1ccc(-c2cnc3nc2NCCCCS(=N)(=O)c2cccc(c2)N3)cc1. The van der Waals surface area contributed by atoms with Crippen LogP contribution in [-0.4, -0.2) is 41.1 Å². The third-order valence-electron chi connectivity index (χ3n) is 4.91. The molecule has 11 heteroatoms. The highest BCUT2D eigenvalue weighted by molar-refractivity contribution is 7.92. The van der Waals surface area contributed by atoms with E-state index < -0.39 is 19.8 Å². The van der Waals surface area contributed by atoms with Crippen LogP contribution in [0.3, 0.4) is 0 Å². The Morgan fingerprint density at radius 1 is 1.12 bits per heavy atom. The van der Waals surface area contributed by atoms with Crippen molar-refractivity contribution in [2.45, 2.75) is 17.7 Å². The zero-order chi connectivity index (χ0) is 22.8. The normalized spacial score (nSPS) is 18.8. The Bertz CT molecular complexity index is 1340. The first-order valence-corrected chi connectivity index (χ1v) is 13.6. The molecular formula is C21H24N6O3S2. The van der Waals surface area contributed by atoms with E-state index in [0.717, 1.165) is 23.8 Å². The molecule has 1 aromatic heterocycles. The van der Waals surface area contributed by atoms with Gasteiger partial charge in [-0.05, 0) is 48.7 Å². The minimum atomic E-state index is -3.35. The molecule has 4 bridgehead atoms. The summed E-state index contributed by atoms with van der Waals surface area (Å²) in [6, 6.07) is 14.0. The molecule has 1 aliphatic heterocycles. The van der Waals surface area contributed by atoms with Crippen LogP contribution in [0.5, 0.6) is 0 Å². The zero-order valence-corrected chi connectivity index (χ0v) is 19.1. The van der Waals surface area contributed by atoms with Gasteiger partial charge in [-0.1, -0.05) is 18.2 Å². The van der Waals surface area contributed by atoms with Crippen LogP contribution in [0.25, 0.3) is 11.1 Å². The molecule has 2 aromatic carbocycles. The van der Waals surface area contributed by atoms with Gasteiger partial charge in [-0.15, -0.1) is 0 Å². The number of aromatic nitrogens is 2. The van der Waals surface area contributed by atoms with Crippen LogP contribution in [0.15, 0.2) is 59.6 Å². The molecule has 1 unspecified atom stereocenters. The van der Waals surface area contributed by atoms with Gasteiger partial charge >= 0.3 is 0 Å². The van der Waals surface area contributed by atoms with Gasteiger partial charge in [0.1, 0.15) is 5.82 Å². The van der Waals surface area contributed by atoms with Crippen LogP contribution in [0, 0.1) is 4.78 Å². The van der Waals surface area contributed by atoms with E-state index in [2.05, 4.69) is 25.3 Å². The molecule has 0 amide bonds. The molecule has 2 heterocycles. The second-order valence-electron chi connectivity index (χ2n) is 7.57. The Kier molecular flexibility index (Phi) is 6.02. The third kappa shape index (κ3) is 5.35. The second-order valence-corrected chi connectivity index (χ2v) is 11.6. The van der Waals surface area contributed by atoms with Crippen molar-refractivity contribution in [2.24, 2.45) is 0 Å². The Morgan fingerprint density at radius 3 is 2.66 bits per heavy atom. The van der Waals surface area contributed by atoms with Crippen LogP contribution in [0.4, 0.5) is 23.1 Å². The monoisotopic (exact) mass is 472 g/mol. The molecule has 9 nitrogen and oxygen atoms in total. The molecule has 32 heavy (non-hydrogen) atoms. The lowest BCUT2D eigenvalue weighted by Gasteiger charge is -2.13. The number of fused-ring (bicyclic) bond motifs is 4. The summed E-state index contributed by atoms with van der Waals surface area (Å²) in [6.07, 6.45) is 4.19. The summed E-state index contributed by atoms with van der Waals surface area (Å²) in [5.41, 5.74) is 2.74. The Balaban J connectivity index is 1.68. The van der Waals surface area contributed by atoms with Gasteiger partial charge in [-0.25, -0.2) is 22.4 Å². The number of benzene rings is 2. The van der Waals surface area contributed by atoms with E-state index in [1.54, 1.807) is 48.7 Å². The molecule has 4 N–H and O–H groups in total. The van der Waals surface area contributed by atoms with Gasteiger partial charge < -0.3 is 10.6 Å². The van der Waals surface area contributed by atoms with E-state index in [1.165, 1.54) is 0 Å². The quantitative estimate of drug-likeness (QED) is 0.454. The predicted octanol–water partition coefficient (Wildman–Crippen LogP) is 3.87. The molecule has 0 fully saturated rings. The molecule has 0 radical (unpaired) electrons. The van der Waals surface area contributed by atoms with Crippen molar-refractivity contribution < 1.29 is 12.6 Å². The number of rotatable bonds is 3. The lowest BCUT2D eigenvalue weighted by Crippen LogP contribution is -2.10. The lowest BCUT2D eigenvalue weighted by atomic mass is 10.1. The smallest absolute Gasteiger partial charge is 0.229 e. The summed E-state index contributed by atoms with van der Waals surface area (Å²) in [7, 11) is -6.21. The minimum absolute atomic E-state index is 0.295. The Labute approximate surface area is 187 Å². The molecule has 1 aliphatic rings. The molecular weight excluding hydrogens is 448 g/mol. The number of anilines is 4. The highest BCUT2D eigenvalue weighted by atomic mass is 32.2. The number of sulfonamides is 1. The van der Waals surface area contributed by atoms with Crippen molar-refractivity contribution >= 4 is 42.9 Å². The Morgan fingerprint density at radius 2 is 1.91 bits per heavy atom. The summed E-state index contributed by atoms with van der Waals surface area (Å²) in [5.74, 6) is 1.30. The summed E-state index contributed by atoms with van der Waals surface area (Å²) in [5, 5.41) is 6.45. The average molecular weight is 473 g/mol. The fourth-order valence-electron chi connectivity index (χ4n) is 3.38. The van der Waals surface area contributed by atoms with Crippen LogP contribution < -0.4 is 15.4 Å². The van der Waals surface area contributed by atoms with Gasteiger partial charge in [0.2, 0.25) is 16.0 Å². The molecule has 1 atom stereocenters. The van der Waals surface area contributed by atoms with Crippen molar-refractivity contribution in [3.05, 3.63) is 54.7 Å². The van der Waals surface area contributed by atoms with Crippen LogP contribution in [0.2, 0.25) is 0 Å². The summed E-state index contributed by atoms with van der Waals surface area (Å²) in [4.78, 5) is 9.53. The molecule has 168 valence electrons. The molecule has 3 aromatic rings. The zero-order valence-electron chi connectivity index (χ0n) is 17.5. The molecule has 0 saturated carbocycles. The van der Waals surface area contributed by atoms with Gasteiger partial charge in [-0.2, -0.15) is 4.98 Å². The van der Waals surface area contributed by atoms with Crippen LogP contribution >= 0.6 is 0 Å². The average Bonchev–Trinajstić information content (AvgIpc) is 2.73. The maximum Gasteiger partial charge on any atom is 0.229 e. The van der Waals surface area contributed by atoms with Crippen LogP contribution in [0.1, 0.15) is 12.8 Å². The first kappa shape index (κ1) is 22.0. The number of nitrogens with one attached hydrogen (secondary N) is 4. The van der Waals surface area contributed by atoms with E-state index in [1.807, 2.05) is 6.07 Å². The first-order chi connectivity index (χ1) is 15.2. The van der Waals surface area contributed by atoms with Gasteiger partial charge in [-0.3, -0.25) is 4.72 Å². The van der Waals surface area contributed by atoms with Crippen molar-refractivity contribution in [3.63, 3.8) is 0 Å². The second kappa shape index (κ2) is 8.75. The molecule has 0 spiro atoms. The van der Waals surface area contributed by atoms with Crippen molar-refractivity contribution in [3.8, 4) is 11.1 Å². The van der Waals surface area contributed by atoms with E-state index in [4.69, 9.17) is 4.78 Å². The van der Waals surface area contributed by atoms with Crippen LogP contribution in [-0.2, 0) is 19.8 Å². The third-order valence-corrected chi connectivity index (χ3v) is 7.40. The predicted molar refractivity (Wildman–Crippen MR) is 127 cm³/mol. The topological polar surface area (TPSA) is 137 Å². The van der Waals surface area contributed by atoms with Gasteiger partial charge in [0, 0.05) is 40.3 Å². The first-order valence-electron chi connectivity index (χ1n) is 10.0. The van der Waals surface area contributed by atoms with Gasteiger partial charge in [0.05, 0.1) is 16.0 Å². The fraction of sp³-hybridized carbons (Fsp3) is 0.238. The highest BCUT2D eigenvalue weighted by Gasteiger charge is 2.14. The van der Waals surface area contributed by atoms with Gasteiger partial charge in [0.25, 0.3) is 0 Å². The lowest BCUT2D eigenvalue weighted by molar-refractivity contribution is 0.607. The molecule has 0 saturated heterocycles. The largest absolute Gasteiger partial charge is 0.369 e.